The van der Waals surface area contributed by atoms with E-state index >= 15 is 0 Å². The molecule has 0 N–H and O–H groups in total. The minimum Gasteiger partial charge on any atom is -0.486 e. The molecule has 1 fully saturated rings. The van der Waals surface area contributed by atoms with Gasteiger partial charge in [-0.3, -0.25) is 4.90 Å². The van der Waals surface area contributed by atoms with E-state index in [2.05, 4.69) is 29.3 Å². The Hall–Kier alpha value is -1.43. The number of aromatic nitrogens is 1. The summed E-state index contributed by atoms with van der Waals surface area (Å²) in [7, 11) is 1.81. The summed E-state index contributed by atoms with van der Waals surface area (Å²) >= 11 is 1.68. The predicted molar refractivity (Wildman–Crippen MR) is 92.9 cm³/mol. The van der Waals surface area contributed by atoms with Crippen molar-refractivity contribution in [1.82, 2.24) is 9.88 Å². The van der Waals surface area contributed by atoms with E-state index in [-0.39, 0.29) is 0 Å². The Labute approximate surface area is 142 Å². The fourth-order valence-electron chi connectivity index (χ4n) is 2.80. The van der Waals surface area contributed by atoms with Gasteiger partial charge in [0.2, 0.25) is 0 Å². The minimum absolute atomic E-state index is 0.431. The first kappa shape index (κ1) is 16.4. The maximum atomic E-state index is 5.80. The van der Waals surface area contributed by atoms with Crippen molar-refractivity contribution in [2.45, 2.75) is 39.0 Å². The van der Waals surface area contributed by atoms with Crippen LogP contribution in [-0.2, 0) is 17.9 Å². The first-order chi connectivity index (χ1) is 11.2. The highest BCUT2D eigenvalue weighted by Gasteiger charge is 2.19. The molecule has 0 amide bonds. The first-order valence-electron chi connectivity index (χ1n) is 8.11. The van der Waals surface area contributed by atoms with Gasteiger partial charge in [-0.05, 0) is 31.9 Å². The molecule has 2 aromatic rings. The van der Waals surface area contributed by atoms with Gasteiger partial charge in [0, 0.05) is 32.1 Å². The zero-order valence-electron chi connectivity index (χ0n) is 13.8. The number of hydrogen-bond acceptors (Lipinski definition) is 5. The lowest BCUT2D eigenvalue weighted by molar-refractivity contribution is 0.0385. The zero-order valence-corrected chi connectivity index (χ0v) is 14.6. The van der Waals surface area contributed by atoms with Gasteiger partial charge < -0.3 is 9.47 Å². The van der Waals surface area contributed by atoms with E-state index in [1.165, 1.54) is 5.56 Å². The van der Waals surface area contributed by atoms with Crippen molar-refractivity contribution in [3.8, 4) is 5.75 Å². The molecule has 1 aliphatic rings. The van der Waals surface area contributed by atoms with Gasteiger partial charge in [-0.25, -0.2) is 4.98 Å². The molecule has 1 aromatic heterocycles. The van der Waals surface area contributed by atoms with Crippen molar-refractivity contribution < 1.29 is 9.47 Å². The predicted octanol–water partition coefficient (Wildman–Crippen LogP) is 3.64. The quantitative estimate of drug-likeness (QED) is 0.809. The lowest BCUT2D eigenvalue weighted by Crippen LogP contribution is -2.36. The standard InChI is InChI=1S/C18H24N2O2S/c1-14-3-5-17(6-4-14)22-12-18-19-15(13-23-18)11-20-9-7-16(21-2)8-10-20/h3-6,13,16H,7-12H2,1-2H3. The monoisotopic (exact) mass is 332 g/mol. The number of nitrogens with zero attached hydrogens (tertiary/aromatic N) is 2. The van der Waals surface area contributed by atoms with E-state index in [0.29, 0.717) is 12.7 Å². The van der Waals surface area contributed by atoms with Crippen LogP contribution in [0.15, 0.2) is 29.6 Å². The summed E-state index contributed by atoms with van der Waals surface area (Å²) in [5.74, 6) is 0.897. The van der Waals surface area contributed by atoms with E-state index in [1.807, 2.05) is 12.1 Å². The molecule has 0 atom stereocenters. The molecule has 23 heavy (non-hydrogen) atoms. The van der Waals surface area contributed by atoms with Gasteiger partial charge in [0.05, 0.1) is 11.8 Å². The molecule has 1 aliphatic heterocycles. The molecule has 0 aliphatic carbocycles. The van der Waals surface area contributed by atoms with Gasteiger partial charge in [0.15, 0.2) is 0 Å². The highest BCUT2D eigenvalue weighted by molar-refractivity contribution is 7.09. The molecule has 0 unspecified atom stereocenters. The Morgan fingerprint density at radius 3 is 2.65 bits per heavy atom. The van der Waals surface area contributed by atoms with Crippen LogP contribution in [-0.4, -0.2) is 36.2 Å². The summed E-state index contributed by atoms with van der Waals surface area (Å²) < 4.78 is 11.2. The van der Waals surface area contributed by atoms with Crippen molar-refractivity contribution in [2.75, 3.05) is 20.2 Å². The number of benzene rings is 1. The second-order valence-corrected chi connectivity index (χ2v) is 6.99. The van der Waals surface area contributed by atoms with E-state index in [9.17, 15) is 0 Å². The number of methoxy groups -OCH3 is 1. The number of thiazole rings is 1. The smallest absolute Gasteiger partial charge is 0.140 e. The third-order valence-electron chi connectivity index (χ3n) is 4.24. The van der Waals surface area contributed by atoms with Crippen LogP contribution in [0.2, 0.25) is 0 Å². The van der Waals surface area contributed by atoms with E-state index < -0.39 is 0 Å². The molecule has 1 saturated heterocycles. The van der Waals surface area contributed by atoms with Crippen LogP contribution in [0.4, 0.5) is 0 Å². The Morgan fingerprint density at radius 1 is 1.22 bits per heavy atom. The van der Waals surface area contributed by atoms with E-state index in [1.54, 1.807) is 18.4 Å². The lowest BCUT2D eigenvalue weighted by Gasteiger charge is -2.30. The van der Waals surface area contributed by atoms with Crippen molar-refractivity contribution in [3.63, 3.8) is 0 Å². The van der Waals surface area contributed by atoms with Crippen molar-refractivity contribution in [2.24, 2.45) is 0 Å². The van der Waals surface area contributed by atoms with Crippen LogP contribution in [0.25, 0.3) is 0 Å². The topological polar surface area (TPSA) is 34.6 Å². The average Bonchev–Trinajstić information content (AvgIpc) is 3.02. The fraction of sp³-hybridized carbons (Fsp3) is 0.500. The number of hydrogen-bond donors (Lipinski definition) is 0. The average molecular weight is 332 g/mol. The maximum absolute atomic E-state index is 5.80. The summed E-state index contributed by atoms with van der Waals surface area (Å²) in [6, 6.07) is 8.13. The van der Waals surface area contributed by atoms with Crippen LogP contribution >= 0.6 is 11.3 Å². The van der Waals surface area contributed by atoms with Gasteiger partial charge in [-0.15, -0.1) is 11.3 Å². The fourth-order valence-corrected chi connectivity index (χ4v) is 3.50. The molecule has 0 bridgehead atoms. The second-order valence-electron chi connectivity index (χ2n) is 6.05. The van der Waals surface area contributed by atoms with E-state index in [4.69, 9.17) is 14.5 Å². The Bertz CT molecular complexity index is 604. The normalized spacial score (nSPS) is 16.6. The molecule has 0 radical (unpaired) electrons. The lowest BCUT2D eigenvalue weighted by atomic mass is 10.1. The largest absolute Gasteiger partial charge is 0.486 e. The third kappa shape index (κ3) is 4.77. The molecule has 1 aromatic carbocycles. The second kappa shape index (κ2) is 7.90. The number of likely N-dealkylation sites (tertiary alicyclic amines) is 1. The van der Waals surface area contributed by atoms with Crippen molar-refractivity contribution in [1.29, 1.82) is 0 Å². The number of piperidine rings is 1. The van der Waals surface area contributed by atoms with Crippen molar-refractivity contribution in [3.05, 3.63) is 45.9 Å². The molecular weight excluding hydrogens is 308 g/mol. The number of ether oxygens (including phenoxy) is 2. The Morgan fingerprint density at radius 2 is 1.96 bits per heavy atom. The van der Waals surface area contributed by atoms with Crippen LogP contribution in [0.3, 0.4) is 0 Å². The van der Waals surface area contributed by atoms with Gasteiger partial charge >= 0.3 is 0 Å². The van der Waals surface area contributed by atoms with E-state index in [0.717, 1.165) is 48.9 Å². The van der Waals surface area contributed by atoms with Gasteiger partial charge in [0.25, 0.3) is 0 Å². The summed E-state index contributed by atoms with van der Waals surface area (Å²) in [5, 5.41) is 3.18. The molecule has 3 rings (SSSR count). The van der Waals surface area contributed by atoms with Gasteiger partial charge in [0.1, 0.15) is 17.4 Å². The molecule has 0 saturated carbocycles. The molecular formula is C18H24N2O2S. The molecule has 2 heterocycles. The van der Waals surface area contributed by atoms with Crippen LogP contribution < -0.4 is 4.74 Å². The SMILES string of the molecule is COC1CCN(Cc2csc(COc3ccc(C)cc3)n2)CC1. The minimum atomic E-state index is 0.431. The Balaban J connectivity index is 1.47. The summed E-state index contributed by atoms with van der Waals surface area (Å²) in [6.07, 6.45) is 2.66. The molecule has 124 valence electrons. The number of rotatable bonds is 6. The molecule has 4 nitrogen and oxygen atoms in total. The van der Waals surface area contributed by atoms with Crippen LogP contribution in [0.1, 0.15) is 29.1 Å². The Kier molecular flexibility index (Phi) is 5.65. The summed E-state index contributed by atoms with van der Waals surface area (Å²) in [4.78, 5) is 7.15. The maximum Gasteiger partial charge on any atom is 0.140 e. The number of aryl methyl sites for hydroxylation is 1. The highest BCUT2D eigenvalue weighted by atomic mass is 32.1. The third-order valence-corrected chi connectivity index (χ3v) is 5.11. The van der Waals surface area contributed by atoms with Crippen LogP contribution in [0, 0.1) is 6.92 Å². The van der Waals surface area contributed by atoms with Crippen molar-refractivity contribution >= 4 is 11.3 Å². The summed E-state index contributed by atoms with van der Waals surface area (Å²) in [6.45, 7) is 5.72. The van der Waals surface area contributed by atoms with Crippen LogP contribution in [0.5, 0.6) is 5.75 Å². The first-order valence-corrected chi connectivity index (χ1v) is 8.99. The molecule has 5 heteroatoms. The summed E-state index contributed by atoms with van der Waals surface area (Å²) in [5.41, 5.74) is 2.39. The molecule has 0 spiro atoms. The highest BCUT2D eigenvalue weighted by Crippen LogP contribution is 2.19. The zero-order chi connectivity index (χ0) is 16.1. The van der Waals surface area contributed by atoms with Gasteiger partial charge in [-0.2, -0.15) is 0 Å². The van der Waals surface area contributed by atoms with Gasteiger partial charge in [-0.1, -0.05) is 17.7 Å².